The van der Waals surface area contributed by atoms with Gasteiger partial charge in [0.2, 0.25) is 0 Å². The lowest BCUT2D eigenvalue weighted by atomic mass is 9.74. The molecule has 20 heavy (non-hydrogen) atoms. The molecule has 1 aliphatic rings. The molecule has 112 valence electrons. The van der Waals surface area contributed by atoms with Crippen molar-refractivity contribution in [2.24, 2.45) is 11.8 Å². The van der Waals surface area contributed by atoms with Gasteiger partial charge in [-0.05, 0) is 36.8 Å². The molecule has 0 amide bonds. The third kappa shape index (κ3) is 2.91. The molecule has 0 bridgehead atoms. The highest BCUT2D eigenvalue weighted by atomic mass is 16.3. The van der Waals surface area contributed by atoms with Crippen LogP contribution in [0.5, 0.6) is 0 Å². The highest BCUT2D eigenvalue weighted by Gasteiger charge is 2.46. The van der Waals surface area contributed by atoms with Crippen molar-refractivity contribution in [2.75, 3.05) is 6.54 Å². The predicted molar refractivity (Wildman–Crippen MR) is 84.5 cm³/mol. The molecule has 2 heteroatoms. The van der Waals surface area contributed by atoms with E-state index in [0.29, 0.717) is 0 Å². The number of nitrogens with zero attached hydrogens (tertiary/aromatic N) is 1. The van der Waals surface area contributed by atoms with E-state index in [2.05, 4.69) is 62.9 Å². The van der Waals surface area contributed by atoms with Gasteiger partial charge in [-0.1, -0.05) is 58.0 Å². The maximum absolute atomic E-state index is 11.3. The minimum Gasteiger partial charge on any atom is -0.388 e. The summed E-state index contributed by atoms with van der Waals surface area (Å²) in [5.41, 5.74) is 0.750. The second-order valence-corrected chi connectivity index (χ2v) is 6.81. The van der Waals surface area contributed by atoms with Crippen LogP contribution in [-0.4, -0.2) is 28.2 Å². The van der Waals surface area contributed by atoms with Gasteiger partial charge in [0.25, 0.3) is 0 Å². The van der Waals surface area contributed by atoms with Crippen molar-refractivity contribution in [2.45, 2.75) is 58.7 Å². The molecule has 0 aromatic heterocycles. The van der Waals surface area contributed by atoms with Gasteiger partial charge in [-0.25, -0.2) is 0 Å². The molecule has 1 N–H and O–H groups in total. The molecule has 1 atom stereocenters. The van der Waals surface area contributed by atoms with Crippen LogP contribution in [0.25, 0.3) is 0 Å². The second-order valence-electron chi connectivity index (χ2n) is 6.81. The standard InChI is InChI=1S/C18H29NO/c1-14(2)18(20,15(3)4)17-11-8-12-19(17)13-16-9-6-5-7-10-16/h5-7,9-10,14-15,17,20H,8,11-13H2,1-4H3/t17-/m0/s1. The average molecular weight is 275 g/mol. The molecule has 2 rings (SSSR count). The first kappa shape index (κ1) is 15.5. The van der Waals surface area contributed by atoms with E-state index in [9.17, 15) is 5.11 Å². The lowest BCUT2D eigenvalue weighted by Gasteiger charge is -2.45. The molecule has 1 aromatic carbocycles. The third-order valence-electron chi connectivity index (χ3n) is 4.98. The summed E-state index contributed by atoms with van der Waals surface area (Å²) in [5.74, 6) is 0.563. The van der Waals surface area contributed by atoms with Gasteiger partial charge in [-0.2, -0.15) is 0 Å². The monoisotopic (exact) mass is 275 g/mol. The van der Waals surface area contributed by atoms with Crippen LogP contribution in [0.4, 0.5) is 0 Å². The molecule has 1 heterocycles. The summed E-state index contributed by atoms with van der Waals surface area (Å²) in [5, 5.41) is 11.3. The molecule has 1 aliphatic heterocycles. The van der Waals surface area contributed by atoms with Crippen LogP contribution in [0, 0.1) is 11.8 Å². The minimum atomic E-state index is -0.592. The fraction of sp³-hybridized carbons (Fsp3) is 0.667. The predicted octanol–water partition coefficient (Wildman–Crippen LogP) is 3.69. The van der Waals surface area contributed by atoms with Gasteiger partial charge in [0, 0.05) is 12.6 Å². The summed E-state index contributed by atoms with van der Waals surface area (Å²) >= 11 is 0. The summed E-state index contributed by atoms with van der Waals surface area (Å²) in [6, 6.07) is 10.9. The zero-order valence-corrected chi connectivity index (χ0v) is 13.3. The SMILES string of the molecule is CC(C)C(O)(C(C)C)[C@@H]1CCCN1Cc1ccccc1. The molecule has 0 aliphatic carbocycles. The van der Waals surface area contributed by atoms with Crippen LogP contribution in [0.15, 0.2) is 30.3 Å². The Morgan fingerprint density at radius 3 is 2.30 bits per heavy atom. The van der Waals surface area contributed by atoms with Crippen molar-refractivity contribution in [1.82, 2.24) is 4.90 Å². The third-order valence-corrected chi connectivity index (χ3v) is 4.98. The number of likely N-dealkylation sites (tertiary alicyclic amines) is 1. The van der Waals surface area contributed by atoms with E-state index in [-0.39, 0.29) is 17.9 Å². The van der Waals surface area contributed by atoms with Crippen molar-refractivity contribution >= 4 is 0 Å². The molecule has 2 nitrogen and oxygen atoms in total. The Morgan fingerprint density at radius 2 is 1.75 bits per heavy atom. The van der Waals surface area contributed by atoms with Gasteiger partial charge in [-0.15, -0.1) is 0 Å². The van der Waals surface area contributed by atoms with Crippen LogP contribution in [0.1, 0.15) is 46.1 Å². The van der Waals surface area contributed by atoms with Crippen molar-refractivity contribution in [3.8, 4) is 0 Å². The van der Waals surface area contributed by atoms with E-state index in [1.165, 1.54) is 12.0 Å². The Kier molecular flexibility index (Phi) is 4.87. The van der Waals surface area contributed by atoms with Crippen molar-refractivity contribution in [3.05, 3.63) is 35.9 Å². The first-order valence-electron chi connectivity index (χ1n) is 7.96. The van der Waals surface area contributed by atoms with Crippen LogP contribution < -0.4 is 0 Å². The van der Waals surface area contributed by atoms with Gasteiger partial charge >= 0.3 is 0 Å². The van der Waals surface area contributed by atoms with E-state index >= 15 is 0 Å². The van der Waals surface area contributed by atoms with Gasteiger partial charge in [-0.3, -0.25) is 4.90 Å². The van der Waals surface area contributed by atoms with E-state index in [1.807, 2.05) is 0 Å². The van der Waals surface area contributed by atoms with Gasteiger partial charge in [0.05, 0.1) is 5.60 Å². The lowest BCUT2D eigenvalue weighted by Crippen LogP contribution is -2.56. The Labute approximate surface area is 123 Å². The number of hydrogen-bond donors (Lipinski definition) is 1. The number of aliphatic hydroxyl groups is 1. The molecule has 0 radical (unpaired) electrons. The first-order chi connectivity index (χ1) is 9.46. The zero-order chi connectivity index (χ0) is 14.8. The summed E-state index contributed by atoms with van der Waals surface area (Å²) in [6.45, 7) is 10.7. The quantitative estimate of drug-likeness (QED) is 0.886. The second kappa shape index (κ2) is 6.28. The van der Waals surface area contributed by atoms with E-state index < -0.39 is 5.60 Å². The molecule has 1 saturated heterocycles. The molecular weight excluding hydrogens is 246 g/mol. The molecule has 0 spiro atoms. The Bertz CT molecular complexity index is 405. The van der Waals surface area contributed by atoms with Gasteiger partial charge in [0.15, 0.2) is 0 Å². The average Bonchev–Trinajstić information content (AvgIpc) is 2.87. The maximum Gasteiger partial charge on any atom is 0.0847 e. The number of rotatable bonds is 5. The van der Waals surface area contributed by atoms with Gasteiger partial charge in [0.1, 0.15) is 0 Å². The maximum atomic E-state index is 11.3. The normalized spacial score (nSPS) is 21.1. The van der Waals surface area contributed by atoms with Crippen LogP contribution in [-0.2, 0) is 6.54 Å². The fourth-order valence-corrected chi connectivity index (χ4v) is 3.79. The molecule has 0 unspecified atom stereocenters. The summed E-state index contributed by atoms with van der Waals surface area (Å²) in [7, 11) is 0. The molecule has 0 saturated carbocycles. The highest BCUT2D eigenvalue weighted by Crippen LogP contribution is 2.38. The largest absolute Gasteiger partial charge is 0.388 e. The molecule has 1 fully saturated rings. The van der Waals surface area contributed by atoms with E-state index in [0.717, 1.165) is 19.5 Å². The molecular formula is C18H29NO. The van der Waals surface area contributed by atoms with E-state index in [1.54, 1.807) is 0 Å². The number of hydrogen-bond acceptors (Lipinski definition) is 2. The minimum absolute atomic E-state index is 0.280. The van der Waals surface area contributed by atoms with Crippen molar-refractivity contribution in [3.63, 3.8) is 0 Å². The smallest absolute Gasteiger partial charge is 0.0847 e. The summed E-state index contributed by atoms with van der Waals surface area (Å²) in [6.07, 6.45) is 2.30. The Balaban J connectivity index is 2.18. The highest BCUT2D eigenvalue weighted by molar-refractivity contribution is 5.15. The zero-order valence-electron chi connectivity index (χ0n) is 13.3. The first-order valence-corrected chi connectivity index (χ1v) is 7.96. The Morgan fingerprint density at radius 1 is 1.15 bits per heavy atom. The topological polar surface area (TPSA) is 23.5 Å². The van der Waals surface area contributed by atoms with Crippen molar-refractivity contribution < 1.29 is 5.11 Å². The lowest BCUT2D eigenvalue weighted by molar-refractivity contribution is -0.104. The van der Waals surface area contributed by atoms with Crippen LogP contribution in [0.2, 0.25) is 0 Å². The van der Waals surface area contributed by atoms with Crippen molar-refractivity contribution in [1.29, 1.82) is 0 Å². The Hall–Kier alpha value is -0.860. The van der Waals surface area contributed by atoms with Gasteiger partial charge < -0.3 is 5.11 Å². The summed E-state index contributed by atoms with van der Waals surface area (Å²) < 4.78 is 0. The van der Waals surface area contributed by atoms with Crippen LogP contribution in [0.3, 0.4) is 0 Å². The van der Waals surface area contributed by atoms with Crippen LogP contribution >= 0.6 is 0 Å². The fourth-order valence-electron chi connectivity index (χ4n) is 3.79. The van der Waals surface area contributed by atoms with E-state index in [4.69, 9.17) is 0 Å². The molecule has 1 aromatic rings. The summed E-state index contributed by atoms with van der Waals surface area (Å²) in [4.78, 5) is 2.48. The number of benzene rings is 1.